The second-order valence-corrected chi connectivity index (χ2v) is 7.54. The Hall–Kier alpha value is -2.35. The summed E-state index contributed by atoms with van der Waals surface area (Å²) >= 11 is 0. The van der Waals surface area contributed by atoms with E-state index in [0.717, 1.165) is 49.6 Å². The predicted molar refractivity (Wildman–Crippen MR) is 109 cm³/mol. The van der Waals surface area contributed by atoms with E-state index < -0.39 is 0 Å². The van der Waals surface area contributed by atoms with Gasteiger partial charge in [0.1, 0.15) is 0 Å². The van der Waals surface area contributed by atoms with Crippen molar-refractivity contribution in [2.45, 2.75) is 38.5 Å². The molecule has 26 heavy (non-hydrogen) atoms. The molecule has 134 valence electrons. The fraction of sp³-hybridized carbons (Fsp3) is 0.375. The Morgan fingerprint density at radius 3 is 2.12 bits per heavy atom. The van der Waals surface area contributed by atoms with Crippen LogP contribution >= 0.6 is 0 Å². The first-order valence-corrected chi connectivity index (χ1v) is 9.93. The number of benzene rings is 2. The van der Waals surface area contributed by atoms with E-state index >= 15 is 0 Å². The minimum Gasteiger partial charge on any atom is -0.325 e. The number of hydrogen-bond donors (Lipinski definition) is 1. The molecule has 0 radical (unpaired) electrons. The second-order valence-electron chi connectivity index (χ2n) is 7.54. The van der Waals surface area contributed by atoms with Crippen LogP contribution in [0.5, 0.6) is 0 Å². The molecule has 2 atom stereocenters. The molecule has 0 heterocycles. The highest BCUT2D eigenvalue weighted by atomic mass is 16.2. The zero-order chi connectivity index (χ0) is 17.8. The Bertz CT molecular complexity index is 806. The highest BCUT2D eigenvalue weighted by Crippen LogP contribution is 2.52. The average Bonchev–Trinajstić information content (AvgIpc) is 3.34. The average molecular weight is 345 g/mol. The normalized spacial score (nSPS) is 25.8. The van der Waals surface area contributed by atoms with Crippen molar-refractivity contribution in [3.8, 4) is 0 Å². The van der Waals surface area contributed by atoms with Crippen LogP contribution in [0.1, 0.15) is 38.5 Å². The Kier molecular flexibility index (Phi) is 5.19. The summed E-state index contributed by atoms with van der Waals surface area (Å²) in [6, 6.07) is 14.4. The van der Waals surface area contributed by atoms with Gasteiger partial charge in [0.05, 0.1) is 0 Å². The summed E-state index contributed by atoms with van der Waals surface area (Å²) in [6.07, 6.45) is 15.9. The fourth-order valence-electron chi connectivity index (χ4n) is 4.41. The molecule has 4 rings (SSSR count). The van der Waals surface area contributed by atoms with Crippen LogP contribution in [0.4, 0.5) is 5.69 Å². The third kappa shape index (κ3) is 3.75. The molecule has 0 aromatic heterocycles. The Balaban J connectivity index is 1.47. The number of nitrogens with one attached hydrogen (secondary N) is 1. The van der Waals surface area contributed by atoms with Crippen molar-refractivity contribution in [1.29, 1.82) is 0 Å². The molecule has 2 heteroatoms. The quantitative estimate of drug-likeness (QED) is 0.654. The Labute approximate surface area is 156 Å². The van der Waals surface area contributed by atoms with E-state index in [1.807, 2.05) is 24.3 Å². The van der Waals surface area contributed by atoms with Crippen molar-refractivity contribution in [2.24, 2.45) is 17.8 Å². The molecule has 2 aromatic carbocycles. The van der Waals surface area contributed by atoms with Gasteiger partial charge in [-0.2, -0.15) is 0 Å². The van der Waals surface area contributed by atoms with E-state index in [0.29, 0.717) is 11.8 Å². The molecular formula is C24H27NO. The number of allylic oxidation sites excluding steroid dienone is 4. The lowest BCUT2D eigenvalue weighted by atomic mass is 10.1. The highest BCUT2D eigenvalue weighted by Gasteiger charge is 2.52. The molecular weight excluding hydrogens is 318 g/mol. The first kappa shape index (κ1) is 17.1. The fourth-order valence-corrected chi connectivity index (χ4v) is 4.41. The SMILES string of the molecule is O=C(Nc1cccc2ccccc12)C1[C@H]2CCC=CCCC=CCC[C@H]12. The van der Waals surface area contributed by atoms with Crippen LogP contribution in [-0.2, 0) is 4.79 Å². The number of fused-ring (bicyclic) bond motifs is 2. The van der Waals surface area contributed by atoms with Crippen LogP contribution in [0.3, 0.4) is 0 Å². The number of carbonyl (C=O) groups excluding carboxylic acids is 1. The maximum Gasteiger partial charge on any atom is 0.228 e. The molecule has 1 saturated carbocycles. The van der Waals surface area contributed by atoms with Gasteiger partial charge in [-0.05, 0) is 61.8 Å². The molecule has 0 unspecified atom stereocenters. The Morgan fingerprint density at radius 2 is 1.38 bits per heavy atom. The van der Waals surface area contributed by atoms with Crippen LogP contribution in [0, 0.1) is 17.8 Å². The Morgan fingerprint density at radius 1 is 0.769 bits per heavy atom. The van der Waals surface area contributed by atoms with E-state index in [-0.39, 0.29) is 11.8 Å². The summed E-state index contributed by atoms with van der Waals surface area (Å²) in [5, 5.41) is 5.51. The van der Waals surface area contributed by atoms with Gasteiger partial charge < -0.3 is 5.32 Å². The van der Waals surface area contributed by atoms with Gasteiger partial charge >= 0.3 is 0 Å². The number of rotatable bonds is 2. The summed E-state index contributed by atoms with van der Waals surface area (Å²) in [5.41, 5.74) is 0.940. The molecule has 2 aromatic rings. The largest absolute Gasteiger partial charge is 0.325 e. The maximum atomic E-state index is 13.0. The minimum atomic E-state index is 0.177. The van der Waals surface area contributed by atoms with E-state index in [1.165, 1.54) is 5.39 Å². The topological polar surface area (TPSA) is 29.1 Å². The van der Waals surface area contributed by atoms with Crippen LogP contribution in [0.2, 0.25) is 0 Å². The van der Waals surface area contributed by atoms with Gasteiger partial charge in [-0.15, -0.1) is 0 Å². The molecule has 0 bridgehead atoms. The lowest BCUT2D eigenvalue weighted by molar-refractivity contribution is -0.117. The number of hydrogen-bond acceptors (Lipinski definition) is 1. The monoisotopic (exact) mass is 345 g/mol. The maximum absolute atomic E-state index is 13.0. The predicted octanol–water partition coefficient (Wildman–Crippen LogP) is 6.11. The van der Waals surface area contributed by atoms with Gasteiger partial charge in [0.2, 0.25) is 5.91 Å². The zero-order valence-corrected chi connectivity index (χ0v) is 15.2. The number of carbonyl (C=O) groups is 1. The van der Waals surface area contributed by atoms with Gasteiger partial charge in [-0.25, -0.2) is 0 Å². The standard InChI is InChI=1S/C24H27NO/c26-24(25-22-17-11-13-18-12-9-10-14-19(18)22)23-20-15-7-5-3-1-2-4-6-8-16-21(20)23/h3-6,9-14,17,20-21,23H,1-2,7-8,15-16H2,(H,25,26)/t20-,21-,23?/m0/s1. The van der Waals surface area contributed by atoms with Crippen LogP contribution in [-0.4, -0.2) is 5.91 Å². The highest BCUT2D eigenvalue weighted by molar-refractivity contribution is 6.03. The lowest BCUT2D eigenvalue weighted by Crippen LogP contribution is -2.16. The summed E-state index contributed by atoms with van der Waals surface area (Å²) in [7, 11) is 0. The summed E-state index contributed by atoms with van der Waals surface area (Å²) in [6.45, 7) is 0. The molecule has 2 aliphatic rings. The van der Waals surface area contributed by atoms with Crippen molar-refractivity contribution in [3.05, 3.63) is 66.8 Å². The molecule has 0 aliphatic heterocycles. The smallest absolute Gasteiger partial charge is 0.228 e. The van der Waals surface area contributed by atoms with E-state index in [4.69, 9.17) is 0 Å². The van der Waals surface area contributed by atoms with Crippen molar-refractivity contribution in [1.82, 2.24) is 0 Å². The van der Waals surface area contributed by atoms with Gasteiger partial charge in [0.15, 0.2) is 0 Å². The van der Waals surface area contributed by atoms with Crippen molar-refractivity contribution in [3.63, 3.8) is 0 Å². The van der Waals surface area contributed by atoms with Gasteiger partial charge in [-0.1, -0.05) is 60.7 Å². The number of amides is 1. The van der Waals surface area contributed by atoms with Crippen molar-refractivity contribution < 1.29 is 4.79 Å². The van der Waals surface area contributed by atoms with Gasteiger partial charge in [-0.3, -0.25) is 4.79 Å². The molecule has 0 spiro atoms. The van der Waals surface area contributed by atoms with E-state index in [1.54, 1.807) is 0 Å². The van der Waals surface area contributed by atoms with Crippen molar-refractivity contribution in [2.75, 3.05) is 5.32 Å². The molecule has 1 N–H and O–H groups in total. The van der Waals surface area contributed by atoms with E-state index in [9.17, 15) is 4.79 Å². The second kappa shape index (κ2) is 7.90. The number of anilines is 1. The van der Waals surface area contributed by atoms with Gasteiger partial charge in [0.25, 0.3) is 0 Å². The van der Waals surface area contributed by atoms with Crippen LogP contribution < -0.4 is 5.32 Å². The molecule has 0 saturated heterocycles. The van der Waals surface area contributed by atoms with Crippen LogP contribution in [0.25, 0.3) is 10.8 Å². The van der Waals surface area contributed by atoms with E-state index in [2.05, 4.69) is 47.8 Å². The summed E-state index contributed by atoms with van der Waals surface area (Å²) in [4.78, 5) is 13.0. The molecule has 2 aliphatic carbocycles. The molecule has 1 fully saturated rings. The minimum absolute atomic E-state index is 0.177. The third-order valence-electron chi connectivity index (χ3n) is 5.85. The van der Waals surface area contributed by atoms with Gasteiger partial charge in [0, 0.05) is 17.0 Å². The molecule has 1 amide bonds. The summed E-state index contributed by atoms with van der Waals surface area (Å²) < 4.78 is 0. The zero-order valence-electron chi connectivity index (χ0n) is 15.2. The van der Waals surface area contributed by atoms with Crippen LogP contribution in [0.15, 0.2) is 66.8 Å². The first-order chi connectivity index (χ1) is 12.8. The summed E-state index contributed by atoms with van der Waals surface area (Å²) in [5.74, 6) is 1.47. The van der Waals surface area contributed by atoms with Crippen molar-refractivity contribution >= 4 is 22.4 Å². The first-order valence-electron chi connectivity index (χ1n) is 9.93. The molecule has 2 nitrogen and oxygen atoms in total. The third-order valence-corrected chi connectivity index (χ3v) is 5.85. The lowest BCUT2D eigenvalue weighted by Gasteiger charge is -2.09.